The lowest BCUT2D eigenvalue weighted by Gasteiger charge is -1.77. The summed E-state index contributed by atoms with van der Waals surface area (Å²) in [5, 5.41) is 3.83. The van der Waals surface area contributed by atoms with E-state index in [0.29, 0.717) is 0 Å². The van der Waals surface area contributed by atoms with Crippen molar-refractivity contribution in [2.45, 2.75) is 26.7 Å². The highest BCUT2D eigenvalue weighted by Crippen LogP contribution is 2.03. The lowest BCUT2D eigenvalue weighted by Crippen LogP contribution is -1.74. The van der Waals surface area contributed by atoms with Crippen molar-refractivity contribution in [1.29, 1.82) is 0 Å². The van der Waals surface area contributed by atoms with E-state index >= 15 is 0 Å². The molecule has 9 heavy (non-hydrogen) atoms. The fraction of sp³-hybridized carbons (Fsp3) is 0.571. The number of nitrogens with zero attached hydrogens (tertiary/aromatic N) is 1. The molecule has 0 aromatic carbocycles. The van der Waals surface area contributed by atoms with Gasteiger partial charge in [-0.15, -0.1) is 0 Å². The molecule has 1 aromatic heterocycles. The molecule has 50 valence electrons. The number of rotatable bonds is 2. The lowest BCUT2D eigenvalue weighted by atomic mass is 10.3. The Bertz CT molecular complexity index is 162. The molecule has 0 saturated carbocycles. The van der Waals surface area contributed by atoms with E-state index in [0.717, 1.165) is 24.3 Å². The molecular formula is C7H11NO. The van der Waals surface area contributed by atoms with Crippen LogP contribution in [0.3, 0.4) is 0 Å². The third-order valence-corrected chi connectivity index (χ3v) is 1.32. The van der Waals surface area contributed by atoms with Gasteiger partial charge < -0.3 is 4.52 Å². The molecule has 0 aliphatic heterocycles. The summed E-state index contributed by atoms with van der Waals surface area (Å²) in [4.78, 5) is 0. The van der Waals surface area contributed by atoms with Crippen LogP contribution in [0, 0.1) is 0 Å². The second-order valence-corrected chi connectivity index (χ2v) is 1.99. The van der Waals surface area contributed by atoms with Gasteiger partial charge in [0, 0.05) is 12.5 Å². The summed E-state index contributed by atoms with van der Waals surface area (Å²) in [5.74, 6) is 0.979. The van der Waals surface area contributed by atoms with Crippen LogP contribution in [-0.2, 0) is 12.8 Å². The van der Waals surface area contributed by atoms with Crippen LogP contribution in [0.2, 0.25) is 0 Å². The van der Waals surface area contributed by atoms with Crippen molar-refractivity contribution in [2.24, 2.45) is 0 Å². The Balaban J connectivity index is 2.74. The summed E-state index contributed by atoms with van der Waals surface area (Å²) in [6.07, 6.45) is 1.90. The van der Waals surface area contributed by atoms with Gasteiger partial charge in [-0.25, -0.2) is 0 Å². The molecule has 1 heterocycles. The normalized spacial score (nSPS) is 10.0. The zero-order valence-corrected chi connectivity index (χ0v) is 5.85. The maximum absolute atomic E-state index is 4.95. The van der Waals surface area contributed by atoms with Crippen molar-refractivity contribution in [3.63, 3.8) is 0 Å². The van der Waals surface area contributed by atoms with Crippen LogP contribution >= 0.6 is 0 Å². The summed E-state index contributed by atoms with van der Waals surface area (Å²) in [6.45, 7) is 4.12. The standard InChI is InChI=1S/C7H11NO/c1-3-6-5-7(4-2)9-8-6/h5H,3-4H2,1-2H3. The van der Waals surface area contributed by atoms with Crippen LogP contribution in [0.25, 0.3) is 0 Å². The molecule has 0 unspecified atom stereocenters. The number of hydrogen-bond acceptors (Lipinski definition) is 2. The average Bonchev–Trinajstić information content (AvgIpc) is 2.34. The Kier molecular flexibility index (Phi) is 1.88. The van der Waals surface area contributed by atoms with E-state index < -0.39 is 0 Å². The van der Waals surface area contributed by atoms with Gasteiger partial charge in [-0.1, -0.05) is 19.0 Å². The fourth-order valence-electron chi connectivity index (χ4n) is 0.689. The first-order valence-electron chi connectivity index (χ1n) is 3.31. The molecular weight excluding hydrogens is 114 g/mol. The van der Waals surface area contributed by atoms with Crippen molar-refractivity contribution in [1.82, 2.24) is 5.16 Å². The Labute approximate surface area is 54.9 Å². The maximum Gasteiger partial charge on any atom is 0.136 e. The number of aromatic nitrogens is 1. The van der Waals surface area contributed by atoms with Gasteiger partial charge in [0.2, 0.25) is 0 Å². The van der Waals surface area contributed by atoms with Crippen LogP contribution in [0.1, 0.15) is 25.3 Å². The van der Waals surface area contributed by atoms with E-state index in [4.69, 9.17) is 4.52 Å². The fourth-order valence-corrected chi connectivity index (χ4v) is 0.689. The molecule has 0 amide bonds. The minimum atomic E-state index is 0.938. The predicted molar refractivity (Wildman–Crippen MR) is 35.3 cm³/mol. The lowest BCUT2D eigenvalue weighted by molar-refractivity contribution is 0.381. The highest BCUT2D eigenvalue weighted by atomic mass is 16.5. The maximum atomic E-state index is 4.95. The predicted octanol–water partition coefficient (Wildman–Crippen LogP) is 1.80. The molecule has 0 spiro atoms. The van der Waals surface area contributed by atoms with Gasteiger partial charge in [0.05, 0.1) is 5.69 Å². The van der Waals surface area contributed by atoms with Crippen molar-refractivity contribution >= 4 is 0 Å². The Morgan fingerprint density at radius 1 is 1.44 bits per heavy atom. The summed E-state index contributed by atoms with van der Waals surface area (Å²) in [6, 6.07) is 2.00. The van der Waals surface area contributed by atoms with E-state index in [-0.39, 0.29) is 0 Å². The van der Waals surface area contributed by atoms with Crippen molar-refractivity contribution in [3.05, 3.63) is 17.5 Å². The molecule has 0 bridgehead atoms. The van der Waals surface area contributed by atoms with Crippen LogP contribution in [-0.4, -0.2) is 5.16 Å². The first kappa shape index (κ1) is 6.33. The highest BCUT2D eigenvalue weighted by Gasteiger charge is 1.97. The Hall–Kier alpha value is -0.790. The monoisotopic (exact) mass is 125 g/mol. The average molecular weight is 125 g/mol. The van der Waals surface area contributed by atoms with Gasteiger partial charge in [0.1, 0.15) is 5.76 Å². The minimum Gasteiger partial charge on any atom is -0.361 e. The van der Waals surface area contributed by atoms with E-state index in [1.807, 2.05) is 6.07 Å². The van der Waals surface area contributed by atoms with Gasteiger partial charge in [-0.3, -0.25) is 0 Å². The number of hydrogen-bond donors (Lipinski definition) is 0. The summed E-state index contributed by atoms with van der Waals surface area (Å²) >= 11 is 0. The molecule has 1 aromatic rings. The summed E-state index contributed by atoms with van der Waals surface area (Å²) < 4.78 is 4.95. The van der Waals surface area contributed by atoms with E-state index in [1.165, 1.54) is 0 Å². The highest BCUT2D eigenvalue weighted by molar-refractivity contribution is 5.04. The van der Waals surface area contributed by atoms with Crippen LogP contribution in [0.5, 0.6) is 0 Å². The quantitative estimate of drug-likeness (QED) is 0.602. The molecule has 2 nitrogen and oxygen atoms in total. The summed E-state index contributed by atoms with van der Waals surface area (Å²) in [7, 11) is 0. The third-order valence-electron chi connectivity index (χ3n) is 1.32. The van der Waals surface area contributed by atoms with Crippen molar-refractivity contribution in [2.75, 3.05) is 0 Å². The SMILES string of the molecule is CCc1cc(CC)on1. The van der Waals surface area contributed by atoms with Crippen LogP contribution in [0.4, 0.5) is 0 Å². The molecule has 0 atom stereocenters. The van der Waals surface area contributed by atoms with Gasteiger partial charge in [0.15, 0.2) is 0 Å². The smallest absolute Gasteiger partial charge is 0.136 e. The second kappa shape index (κ2) is 2.67. The zero-order valence-electron chi connectivity index (χ0n) is 5.85. The first-order chi connectivity index (χ1) is 4.36. The molecule has 0 radical (unpaired) electrons. The van der Waals surface area contributed by atoms with Crippen LogP contribution < -0.4 is 0 Å². The molecule has 0 fully saturated rings. The van der Waals surface area contributed by atoms with Crippen molar-refractivity contribution in [3.8, 4) is 0 Å². The summed E-state index contributed by atoms with van der Waals surface area (Å²) in [5.41, 5.74) is 1.05. The zero-order chi connectivity index (χ0) is 6.69. The largest absolute Gasteiger partial charge is 0.361 e. The Morgan fingerprint density at radius 2 is 2.22 bits per heavy atom. The topological polar surface area (TPSA) is 26.0 Å². The molecule has 0 aliphatic carbocycles. The van der Waals surface area contributed by atoms with Crippen molar-refractivity contribution < 1.29 is 4.52 Å². The second-order valence-electron chi connectivity index (χ2n) is 1.99. The Morgan fingerprint density at radius 3 is 2.56 bits per heavy atom. The minimum absolute atomic E-state index is 0.938. The van der Waals surface area contributed by atoms with Gasteiger partial charge in [-0.2, -0.15) is 0 Å². The van der Waals surface area contributed by atoms with E-state index in [1.54, 1.807) is 0 Å². The van der Waals surface area contributed by atoms with E-state index in [9.17, 15) is 0 Å². The third kappa shape index (κ3) is 1.31. The first-order valence-corrected chi connectivity index (χ1v) is 3.31. The number of aryl methyl sites for hydroxylation is 2. The van der Waals surface area contributed by atoms with Gasteiger partial charge in [-0.05, 0) is 6.42 Å². The molecule has 0 saturated heterocycles. The van der Waals surface area contributed by atoms with Crippen LogP contribution in [0.15, 0.2) is 10.6 Å². The molecule has 1 rings (SSSR count). The molecule has 0 N–H and O–H groups in total. The van der Waals surface area contributed by atoms with Gasteiger partial charge >= 0.3 is 0 Å². The van der Waals surface area contributed by atoms with E-state index in [2.05, 4.69) is 19.0 Å². The molecule has 2 heteroatoms. The molecule has 0 aliphatic rings. The van der Waals surface area contributed by atoms with Gasteiger partial charge in [0.25, 0.3) is 0 Å².